The largest absolute Gasteiger partial charge is 0.463 e. The molecule has 23 heavy (non-hydrogen) atoms. The van der Waals surface area contributed by atoms with E-state index in [1.54, 1.807) is 0 Å². The van der Waals surface area contributed by atoms with Gasteiger partial charge in [0.2, 0.25) is 0 Å². The van der Waals surface area contributed by atoms with Crippen molar-refractivity contribution >= 4 is 5.97 Å². The molecule has 0 aliphatic heterocycles. The zero-order valence-corrected chi connectivity index (χ0v) is 15.1. The van der Waals surface area contributed by atoms with Crippen molar-refractivity contribution in [3.05, 3.63) is 0 Å². The Morgan fingerprint density at radius 1 is 0.652 bits per heavy atom. The van der Waals surface area contributed by atoms with Crippen molar-refractivity contribution in [3.63, 3.8) is 0 Å². The van der Waals surface area contributed by atoms with E-state index in [0.29, 0.717) is 52.7 Å². The summed E-state index contributed by atoms with van der Waals surface area (Å²) in [6, 6.07) is 0. The standard InChI is InChI=1S/C18H36O5/c1-3-5-6-7-8-9-10-11-18(19)23-17-16-22-15-14-21-13-12-20-4-2/h3-17H2,1-2H3. The van der Waals surface area contributed by atoms with Crippen LogP contribution in [0.1, 0.15) is 65.2 Å². The number of carbonyl (C=O) groups is 1. The van der Waals surface area contributed by atoms with Crippen molar-refractivity contribution in [1.82, 2.24) is 0 Å². The number of unbranched alkanes of at least 4 members (excludes halogenated alkanes) is 6. The lowest BCUT2D eigenvalue weighted by Crippen LogP contribution is -2.13. The van der Waals surface area contributed by atoms with Crippen LogP contribution in [0.3, 0.4) is 0 Å². The fourth-order valence-electron chi connectivity index (χ4n) is 2.10. The maximum absolute atomic E-state index is 11.5. The Morgan fingerprint density at radius 3 is 1.78 bits per heavy atom. The van der Waals surface area contributed by atoms with Gasteiger partial charge in [0.1, 0.15) is 6.61 Å². The molecule has 0 aliphatic carbocycles. The molecule has 0 spiro atoms. The number of hydrogen-bond donors (Lipinski definition) is 0. The van der Waals surface area contributed by atoms with E-state index in [1.165, 1.54) is 32.1 Å². The van der Waals surface area contributed by atoms with Crippen molar-refractivity contribution < 1.29 is 23.7 Å². The number of ether oxygens (including phenoxy) is 4. The molecule has 0 N–H and O–H groups in total. The second-order valence-electron chi connectivity index (χ2n) is 5.51. The molecule has 0 aliphatic rings. The predicted molar refractivity (Wildman–Crippen MR) is 91.7 cm³/mol. The van der Waals surface area contributed by atoms with E-state index in [-0.39, 0.29) is 5.97 Å². The molecule has 0 amide bonds. The molecule has 0 aromatic carbocycles. The van der Waals surface area contributed by atoms with Crippen LogP contribution >= 0.6 is 0 Å². The number of carbonyl (C=O) groups excluding carboxylic acids is 1. The lowest BCUT2D eigenvalue weighted by molar-refractivity contribution is -0.145. The van der Waals surface area contributed by atoms with Crippen molar-refractivity contribution in [2.24, 2.45) is 0 Å². The van der Waals surface area contributed by atoms with Gasteiger partial charge in [-0.3, -0.25) is 4.79 Å². The van der Waals surface area contributed by atoms with Crippen LogP contribution in [-0.2, 0) is 23.7 Å². The molecule has 0 fully saturated rings. The molecule has 0 aromatic heterocycles. The molecule has 0 saturated carbocycles. The van der Waals surface area contributed by atoms with Gasteiger partial charge in [-0.15, -0.1) is 0 Å². The molecule has 0 radical (unpaired) electrons. The molecule has 0 rings (SSSR count). The van der Waals surface area contributed by atoms with Gasteiger partial charge < -0.3 is 18.9 Å². The Kier molecular flexibility index (Phi) is 18.8. The summed E-state index contributed by atoms with van der Waals surface area (Å²) in [5.74, 6) is -0.116. The maximum atomic E-state index is 11.5. The summed E-state index contributed by atoms with van der Waals surface area (Å²) >= 11 is 0. The average molecular weight is 332 g/mol. The molecule has 0 unspecified atom stereocenters. The first kappa shape index (κ1) is 22.4. The number of hydrogen-bond acceptors (Lipinski definition) is 5. The maximum Gasteiger partial charge on any atom is 0.305 e. The predicted octanol–water partition coefficient (Wildman–Crippen LogP) is 3.74. The Morgan fingerprint density at radius 2 is 1.17 bits per heavy atom. The molecule has 5 heteroatoms. The van der Waals surface area contributed by atoms with Crippen LogP contribution in [0, 0.1) is 0 Å². The minimum atomic E-state index is -0.116. The topological polar surface area (TPSA) is 54.0 Å². The summed E-state index contributed by atoms with van der Waals surface area (Å²) < 4.78 is 20.9. The molecule has 0 bridgehead atoms. The van der Waals surface area contributed by atoms with Crippen LogP contribution in [0.15, 0.2) is 0 Å². The first-order valence-corrected chi connectivity index (χ1v) is 9.20. The minimum absolute atomic E-state index is 0.116. The van der Waals surface area contributed by atoms with Gasteiger partial charge >= 0.3 is 5.97 Å². The monoisotopic (exact) mass is 332 g/mol. The van der Waals surface area contributed by atoms with Crippen molar-refractivity contribution in [3.8, 4) is 0 Å². The lowest BCUT2D eigenvalue weighted by Gasteiger charge is -2.07. The van der Waals surface area contributed by atoms with Crippen LogP contribution in [-0.4, -0.2) is 52.2 Å². The van der Waals surface area contributed by atoms with Gasteiger partial charge in [-0.25, -0.2) is 0 Å². The molecule has 0 saturated heterocycles. The van der Waals surface area contributed by atoms with Crippen molar-refractivity contribution in [2.45, 2.75) is 65.2 Å². The quantitative estimate of drug-likeness (QED) is 0.283. The lowest BCUT2D eigenvalue weighted by atomic mass is 10.1. The second kappa shape index (κ2) is 19.4. The minimum Gasteiger partial charge on any atom is -0.463 e. The normalized spacial score (nSPS) is 10.9. The highest BCUT2D eigenvalue weighted by molar-refractivity contribution is 5.69. The highest BCUT2D eigenvalue weighted by atomic mass is 16.6. The van der Waals surface area contributed by atoms with Crippen LogP contribution in [0.25, 0.3) is 0 Å². The highest BCUT2D eigenvalue weighted by Crippen LogP contribution is 2.08. The van der Waals surface area contributed by atoms with Gasteiger partial charge in [-0.1, -0.05) is 45.4 Å². The Bertz CT molecular complexity index is 246. The van der Waals surface area contributed by atoms with E-state index < -0.39 is 0 Å². The molecule has 0 atom stereocenters. The summed E-state index contributed by atoms with van der Waals surface area (Å²) in [5, 5.41) is 0. The van der Waals surface area contributed by atoms with E-state index in [9.17, 15) is 4.79 Å². The third-order valence-corrected chi connectivity index (χ3v) is 3.42. The SMILES string of the molecule is CCCCCCCCCC(=O)OCCOCCOCCOCC. The fourth-order valence-corrected chi connectivity index (χ4v) is 2.10. The first-order valence-electron chi connectivity index (χ1n) is 9.20. The molecule has 138 valence electrons. The van der Waals surface area contributed by atoms with Crippen molar-refractivity contribution in [2.75, 3.05) is 46.2 Å². The van der Waals surface area contributed by atoms with Gasteiger partial charge in [0, 0.05) is 13.0 Å². The summed E-state index contributed by atoms with van der Waals surface area (Å²) in [5.41, 5.74) is 0. The van der Waals surface area contributed by atoms with E-state index in [4.69, 9.17) is 18.9 Å². The summed E-state index contributed by atoms with van der Waals surface area (Å²) in [6.07, 6.45) is 8.98. The molecular weight excluding hydrogens is 296 g/mol. The van der Waals surface area contributed by atoms with Crippen molar-refractivity contribution in [1.29, 1.82) is 0 Å². The van der Waals surface area contributed by atoms with E-state index >= 15 is 0 Å². The molecular formula is C18H36O5. The zero-order valence-electron chi connectivity index (χ0n) is 15.1. The van der Waals surface area contributed by atoms with E-state index in [1.807, 2.05) is 6.92 Å². The second-order valence-corrected chi connectivity index (χ2v) is 5.51. The first-order chi connectivity index (χ1) is 11.3. The van der Waals surface area contributed by atoms with Crippen LogP contribution < -0.4 is 0 Å². The molecule has 0 aromatic rings. The van der Waals surface area contributed by atoms with Gasteiger partial charge in [0.05, 0.1) is 33.0 Å². The van der Waals surface area contributed by atoms with Crippen LogP contribution in [0.2, 0.25) is 0 Å². The van der Waals surface area contributed by atoms with Gasteiger partial charge in [-0.2, -0.15) is 0 Å². The highest BCUT2D eigenvalue weighted by Gasteiger charge is 2.02. The molecule has 5 nitrogen and oxygen atoms in total. The van der Waals surface area contributed by atoms with Gasteiger partial charge in [0.15, 0.2) is 0 Å². The Hall–Kier alpha value is -0.650. The third kappa shape index (κ3) is 19.3. The number of esters is 1. The Balaban J connectivity index is 3.13. The average Bonchev–Trinajstić information content (AvgIpc) is 2.55. The number of rotatable bonds is 18. The summed E-state index contributed by atoms with van der Waals surface area (Å²) in [7, 11) is 0. The van der Waals surface area contributed by atoms with E-state index in [0.717, 1.165) is 12.8 Å². The fraction of sp³-hybridized carbons (Fsp3) is 0.944. The van der Waals surface area contributed by atoms with Gasteiger partial charge in [-0.05, 0) is 13.3 Å². The van der Waals surface area contributed by atoms with Crippen LogP contribution in [0.5, 0.6) is 0 Å². The summed E-state index contributed by atoms with van der Waals surface area (Å²) in [6.45, 7) is 7.90. The third-order valence-electron chi connectivity index (χ3n) is 3.42. The van der Waals surface area contributed by atoms with E-state index in [2.05, 4.69) is 6.92 Å². The molecule has 0 heterocycles. The summed E-state index contributed by atoms with van der Waals surface area (Å²) in [4.78, 5) is 11.5. The van der Waals surface area contributed by atoms with Crippen LogP contribution in [0.4, 0.5) is 0 Å². The Labute approximate surface area is 142 Å². The van der Waals surface area contributed by atoms with Gasteiger partial charge in [0.25, 0.3) is 0 Å². The zero-order chi connectivity index (χ0) is 17.0. The smallest absolute Gasteiger partial charge is 0.305 e.